The number of allylic oxidation sites excluding steroid dienone is 1. The molecule has 156 valence electrons. The van der Waals surface area contributed by atoms with E-state index in [9.17, 15) is 9.59 Å². The van der Waals surface area contributed by atoms with E-state index in [0.717, 1.165) is 16.9 Å². The maximum Gasteiger partial charge on any atom is 0.355 e. The van der Waals surface area contributed by atoms with Gasteiger partial charge in [0.05, 0.1) is 6.61 Å². The maximum atomic E-state index is 12.8. The Hall–Kier alpha value is -2.38. The highest BCUT2D eigenvalue weighted by atomic mass is 28.3. The van der Waals surface area contributed by atoms with Gasteiger partial charge in [0.15, 0.2) is 0 Å². The van der Waals surface area contributed by atoms with Gasteiger partial charge in [-0.2, -0.15) is 0 Å². The lowest BCUT2D eigenvalue weighted by atomic mass is 10.2. The quantitative estimate of drug-likeness (QED) is 0.406. The van der Waals surface area contributed by atoms with Crippen molar-refractivity contribution >= 4 is 30.9 Å². The van der Waals surface area contributed by atoms with Crippen LogP contribution in [0.1, 0.15) is 16.9 Å². The summed E-state index contributed by atoms with van der Waals surface area (Å²) in [7, 11) is -1.24. The van der Waals surface area contributed by atoms with Gasteiger partial charge in [-0.25, -0.2) is 4.79 Å². The zero-order valence-electron chi connectivity index (χ0n) is 17.4. The van der Waals surface area contributed by atoms with Gasteiger partial charge >= 0.3 is 11.9 Å². The third-order valence-electron chi connectivity index (χ3n) is 5.08. The first-order valence-electron chi connectivity index (χ1n) is 10.1. The summed E-state index contributed by atoms with van der Waals surface area (Å²) in [6.07, 6.45) is 1.83. The molecule has 1 aromatic carbocycles. The van der Waals surface area contributed by atoms with Crippen molar-refractivity contribution in [2.75, 3.05) is 13.2 Å². The molecule has 1 saturated heterocycles. The van der Waals surface area contributed by atoms with Crippen LogP contribution in [0, 0.1) is 0 Å². The molecule has 2 unspecified atom stereocenters. The largest absolute Gasteiger partial charge is 0.465 e. The Bertz CT molecular complexity index is 900. The second-order valence-corrected chi connectivity index (χ2v) is 14.3. The number of aromatic nitrogens is 1. The van der Waals surface area contributed by atoms with Crippen molar-refractivity contribution in [3.05, 3.63) is 48.7 Å². The molecular weight excluding hydrogens is 384 g/mol. The Labute approximate surface area is 172 Å². The molecule has 2 aromatic rings. The number of esters is 2. The molecule has 0 bridgehead atoms. The van der Waals surface area contributed by atoms with E-state index >= 15 is 0 Å². The predicted molar refractivity (Wildman–Crippen MR) is 117 cm³/mol. The first kappa shape index (κ1) is 21.3. The lowest BCUT2D eigenvalue weighted by molar-refractivity contribution is -0.145. The summed E-state index contributed by atoms with van der Waals surface area (Å²) in [5.74, 6) is -0.648. The van der Waals surface area contributed by atoms with Crippen LogP contribution in [0.15, 0.2) is 43.0 Å². The third-order valence-corrected chi connectivity index (χ3v) is 6.78. The van der Waals surface area contributed by atoms with Crippen LogP contribution in [0.4, 0.5) is 0 Å². The average Bonchev–Trinajstić information content (AvgIpc) is 3.26. The van der Waals surface area contributed by atoms with Crippen LogP contribution in [-0.4, -0.2) is 49.9 Å². The predicted octanol–water partition coefficient (Wildman–Crippen LogP) is 3.60. The second-order valence-electron chi connectivity index (χ2n) is 8.69. The summed E-state index contributed by atoms with van der Waals surface area (Å²) < 4.78 is 13.0. The number of hydrogen-bond donors (Lipinski definition) is 1. The lowest BCUT2D eigenvalue weighted by Crippen LogP contribution is -2.33. The molecule has 29 heavy (non-hydrogen) atoms. The molecule has 0 aliphatic carbocycles. The normalized spacial score (nSPS) is 19.3. The highest BCUT2D eigenvalue weighted by molar-refractivity contribution is 6.76. The first-order valence-corrected chi connectivity index (χ1v) is 13.8. The van der Waals surface area contributed by atoms with Gasteiger partial charge in [-0.1, -0.05) is 43.9 Å². The summed E-state index contributed by atoms with van der Waals surface area (Å²) in [6, 6.07) is 10.2. The molecule has 1 N–H and O–H groups in total. The fraction of sp³-hybridized carbons (Fsp3) is 0.455. The van der Waals surface area contributed by atoms with E-state index in [1.165, 1.54) is 0 Å². The summed E-state index contributed by atoms with van der Waals surface area (Å²) in [4.78, 5) is 25.1. The Morgan fingerprint density at radius 2 is 2.07 bits per heavy atom. The van der Waals surface area contributed by atoms with Crippen molar-refractivity contribution in [3.63, 3.8) is 0 Å². The minimum atomic E-state index is -1.24. The Morgan fingerprint density at radius 1 is 1.31 bits per heavy atom. The van der Waals surface area contributed by atoms with E-state index in [1.54, 1.807) is 6.08 Å². The summed E-state index contributed by atoms with van der Waals surface area (Å²) in [5, 5.41) is 4.10. The molecule has 0 spiro atoms. The Kier molecular flexibility index (Phi) is 6.59. The van der Waals surface area contributed by atoms with E-state index in [-0.39, 0.29) is 18.0 Å². The summed E-state index contributed by atoms with van der Waals surface area (Å²) in [6.45, 7) is 11.9. The lowest BCUT2D eigenvalue weighted by Gasteiger charge is -2.17. The molecule has 1 aliphatic rings. The number of para-hydroxylation sites is 1. The van der Waals surface area contributed by atoms with Gasteiger partial charge in [0.1, 0.15) is 17.8 Å². The van der Waals surface area contributed by atoms with Crippen LogP contribution >= 0.6 is 0 Å². The molecule has 0 saturated carbocycles. The van der Waals surface area contributed by atoms with Gasteiger partial charge in [-0.15, -0.1) is 6.58 Å². The van der Waals surface area contributed by atoms with Crippen molar-refractivity contribution < 1.29 is 19.1 Å². The van der Waals surface area contributed by atoms with Crippen molar-refractivity contribution in [1.82, 2.24) is 9.88 Å². The van der Waals surface area contributed by atoms with Gasteiger partial charge in [0, 0.05) is 38.5 Å². The number of nitrogens with zero attached hydrogens (tertiary/aromatic N) is 1. The van der Waals surface area contributed by atoms with Gasteiger partial charge in [0.2, 0.25) is 0 Å². The van der Waals surface area contributed by atoms with Crippen molar-refractivity contribution in [1.29, 1.82) is 0 Å². The van der Waals surface area contributed by atoms with E-state index < -0.39 is 14.1 Å². The number of rotatable bonds is 8. The molecule has 3 rings (SSSR count). The topological polar surface area (TPSA) is 69.6 Å². The zero-order valence-corrected chi connectivity index (χ0v) is 18.4. The standard InChI is InChI=1S/C22H30N2O4Si/c1-5-10-24-19-9-7-6-8-16(19)13-20(24)22(26)28-17-14-18(23-15-17)21(25)27-11-12-29(2,3)4/h5-9,13,17-18,23H,1,10-12,14-15H2,2-4H3. The SMILES string of the molecule is C=CCn1c(C(=O)OC2CNC(C(=O)OCC[Si](C)(C)C)C2)cc2ccccc21. The van der Waals surface area contributed by atoms with Crippen LogP contribution in [0.25, 0.3) is 10.9 Å². The van der Waals surface area contributed by atoms with Crippen LogP contribution in [0.5, 0.6) is 0 Å². The number of nitrogens with one attached hydrogen (secondary N) is 1. The minimum Gasteiger partial charge on any atom is -0.465 e. The number of carbonyl (C=O) groups excluding carboxylic acids is 2. The van der Waals surface area contributed by atoms with Crippen molar-refractivity contribution in [2.45, 2.75) is 50.8 Å². The highest BCUT2D eigenvalue weighted by Crippen LogP contribution is 2.22. The monoisotopic (exact) mass is 414 g/mol. The molecule has 1 aromatic heterocycles. The molecular formula is C22H30N2O4Si. The van der Waals surface area contributed by atoms with Crippen LogP contribution in [0.3, 0.4) is 0 Å². The van der Waals surface area contributed by atoms with E-state index in [1.807, 2.05) is 34.9 Å². The van der Waals surface area contributed by atoms with E-state index in [0.29, 0.717) is 31.8 Å². The number of ether oxygens (including phenoxy) is 2. The smallest absolute Gasteiger partial charge is 0.355 e. The van der Waals surface area contributed by atoms with Gasteiger partial charge in [-0.05, 0) is 18.2 Å². The molecule has 6 nitrogen and oxygen atoms in total. The average molecular weight is 415 g/mol. The van der Waals surface area contributed by atoms with Crippen molar-refractivity contribution in [2.24, 2.45) is 0 Å². The fourth-order valence-corrected chi connectivity index (χ4v) is 4.16. The van der Waals surface area contributed by atoms with Gasteiger partial charge < -0.3 is 19.4 Å². The van der Waals surface area contributed by atoms with E-state index in [2.05, 4.69) is 31.5 Å². The van der Waals surface area contributed by atoms with Gasteiger partial charge in [0.25, 0.3) is 0 Å². The minimum absolute atomic E-state index is 0.262. The summed E-state index contributed by atoms with van der Waals surface area (Å²) >= 11 is 0. The molecule has 2 atom stereocenters. The molecule has 0 amide bonds. The number of benzene rings is 1. The maximum absolute atomic E-state index is 12.8. The number of carbonyl (C=O) groups is 2. The van der Waals surface area contributed by atoms with E-state index in [4.69, 9.17) is 9.47 Å². The van der Waals surface area contributed by atoms with Crippen LogP contribution in [-0.2, 0) is 20.8 Å². The first-order chi connectivity index (χ1) is 13.8. The zero-order chi connectivity index (χ0) is 21.0. The van der Waals surface area contributed by atoms with Crippen molar-refractivity contribution in [3.8, 4) is 0 Å². The molecule has 1 fully saturated rings. The molecule has 0 radical (unpaired) electrons. The second kappa shape index (κ2) is 8.96. The molecule has 1 aliphatic heterocycles. The fourth-order valence-electron chi connectivity index (χ4n) is 3.45. The summed E-state index contributed by atoms with van der Waals surface area (Å²) in [5.41, 5.74) is 1.46. The van der Waals surface area contributed by atoms with Gasteiger partial charge in [-0.3, -0.25) is 4.79 Å². The Balaban J connectivity index is 1.59. The number of hydrogen-bond acceptors (Lipinski definition) is 5. The van der Waals surface area contributed by atoms with Crippen LogP contribution < -0.4 is 5.32 Å². The number of fused-ring (bicyclic) bond motifs is 1. The Morgan fingerprint density at radius 3 is 2.79 bits per heavy atom. The van der Waals surface area contributed by atoms with Crippen LogP contribution in [0.2, 0.25) is 25.7 Å². The third kappa shape index (κ3) is 5.36. The molecule has 2 heterocycles. The molecule has 7 heteroatoms. The highest BCUT2D eigenvalue weighted by Gasteiger charge is 2.33.